The second-order valence-corrected chi connectivity index (χ2v) is 13.1. The minimum absolute atomic E-state index is 0.0760. The summed E-state index contributed by atoms with van der Waals surface area (Å²) in [5.41, 5.74) is 10.9. The molecule has 51 heavy (non-hydrogen) atoms. The Morgan fingerprint density at radius 1 is 0.706 bits per heavy atom. The minimum atomic E-state index is -5.18. The van der Waals surface area contributed by atoms with E-state index >= 15 is 0 Å². The highest BCUT2D eigenvalue weighted by molar-refractivity contribution is 5.94. The number of nitrogens with two attached hydrogens (primary N) is 2. The molecule has 0 bridgehead atoms. The quantitative estimate of drug-likeness (QED) is 0.0745. The predicted molar refractivity (Wildman–Crippen MR) is 184 cm³/mol. The first-order chi connectivity index (χ1) is 24.0. The van der Waals surface area contributed by atoms with Gasteiger partial charge in [0.15, 0.2) is 6.10 Å². The number of carbonyl (C=O) groups excluding carboxylic acids is 6. The molecule has 5 atom stereocenters. The van der Waals surface area contributed by atoms with Gasteiger partial charge in [-0.25, -0.2) is 0 Å². The zero-order valence-electron chi connectivity index (χ0n) is 29.7. The van der Waals surface area contributed by atoms with Crippen LogP contribution >= 0.6 is 0 Å². The highest BCUT2D eigenvalue weighted by Gasteiger charge is 2.44. The number of hydrogen-bond donors (Lipinski definition) is 7. The maximum Gasteiger partial charge on any atom is 0.416 e. The van der Waals surface area contributed by atoms with Gasteiger partial charge in [-0.15, -0.1) is 0 Å². The molecule has 1 aromatic carbocycles. The van der Waals surface area contributed by atoms with Crippen molar-refractivity contribution in [2.24, 2.45) is 17.4 Å². The van der Waals surface area contributed by atoms with Crippen LogP contribution in [0.5, 0.6) is 0 Å². The van der Waals surface area contributed by atoms with Gasteiger partial charge in [-0.05, 0) is 30.7 Å². The van der Waals surface area contributed by atoms with Crippen LogP contribution in [0.2, 0.25) is 0 Å². The van der Waals surface area contributed by atoms with E-state index in [1.54, 1.807) is 44.2 Å². The molecule has 3 unspecified atom stereocenters. The van der Waals surface area contributed by atoms with Crippen LogP contribution in [0.25, 0.3) is 0 Å². The average Bonchev–Trinajstić information content (AvgIpc) is 3.05. The molecule has 9 N–H and O–H groups in total. The van der Waals surface area contributed by atoms with Crippen LogP contribution in [0.1, 0.15) is 103 Å². The number of hydrogen-bond acceptors (Lipinski definition) is 7. The van der Waals surface area contributed by atoms with Gasteiger partial charge >= 0.3 is 6.18 Å². The van der Waals surface area contributed by atoms with Crippen molar-refractivity contribution in [3.8, 4) is 0 Å². The molecule has 0 saturated carbocycles. The maximum atomic E-state index is 13.7. The lowest BCUT2D eigenvalue weighted by atomic mass is 10.00. The Labute approximate surface area is 297 Å². The summed E-state index contributed by atoms with van der Waals surface area (Å²) in [5.74, 6) is -5.35. The predicted octanol–water partition coefficient (Wildman–Crippen LogP) is 2.42. The lowest BCUT2D eigenvalue weighted by Gasteiger charge is -2.29. The van der Waals surface area contributed by atoms with Crippen LogP contribution < -0.4 is 32.7 Å². The molecule has 288 valence electrons. The second kappa shape index (κ2) is 23.3. The lowest BCUT2D eigenvalue weighted by Crippen LogP contribution is -2.59. The molecular weight excluding hydrogens is 673 g/mol. The van der Waals surface area contributed by atoms with E-state index in [1.807, 2.05) is 5.32 Å². The number of nitrogens with one attached hydrogen (secondary N) is 4. The molecule has 0 spiro atoms. The fraction of sp³-hybridized carbons (Fsp3) is 0.657. The van der Waals surface area contributed by atoms with Crippen molar-refractivity contribution in [2.45, 2.75) is 141 Å². The summed E-state index contributed by atoms with van der Waals surface area (Å²) in [6.07, 6.45) is -3.21. The van der Waals surface area contributed by atoms with E-state index < -0.39 is 91.7 Å². The SMILES string of the molecule is CCCCCCCCCC(=O)N[C@H](C(=O)N[C@@H](Cc1ccccc1)C(=O)NC(CCC(N)=O)C(=O)NC(CCC(N)=O)C(O)C(F)(F)F)C(C)C. The zero-order valence-corrected chi connectivity index (χ0v) is 29.7. The third-order valence-electron chi connectivity index (χ3n) is 8.25. The Balaban J connectivity index is 3.20. The Kier molecular flexibility index (Phi) is 20.5. The molecule has 1 rings (SSSR count). The van der Waals surface area contributed by atoms with Gasteiger partial charge in [-0.2, -0.15) is 13.2 Å². The van der Waals surface area contributed by atoms with Gasteiger partial charge in [0.25, 0.3) is 0 Å². The number of benzene rings is 1. The number of aliphatic hydroxyl groups is 1. The average molecular weight is 729 g/mol. The van der Waals surface area contributed by atoms with Crippen LogP contribution in [0.4, 0.5) is 13.2 Å². The van der Waals surface area contributed by atoms with E-state index in [0.717, 1.165) is 32.1 Å². The van der Waals surface area contributed by atoms with E-state index in [-0.39, 0.29) is 24.7 Å². The Morgan fingerprint density at radius 2 is 1.24 bits per heavy atom. The van der Waals surface area contributed by atoms with Gasteiger partial charge in [-0.1, -0.05) is 89.6 Å². The van der Waals surface area contributed by atoms with Gasteiger partial charge in [0.05, 0.1) is 6.04 Å². The number of rotatable bonds is 25. The van der Waals surface area contributed by atoms with E-state index in [2.05, 4.69) is 22.9 Å². The number of carbonyl (C=O) groups is 6. The number of primary amides is 2. The molecule has 0 saturated heterocycles. The standard InChI is InChI=1S/C35H55F3N6O7/c1-4-5-6-7-8-9-13-16-29(47)44-30(22(2)3)34(51)43-26(21-23-14-11-10-12-15-23)33(50)42-25(18-20-28(40)46)32(49)41-24(17-19-27(39)45)31(48)35(36,37)38/h10-12,14-15,22,24-26,30-31,48H,4-9,13,16-21H2,1-3H3,(H2,39,45)(H2,40,46)(H,41,49)(H,42,50)(H,43,51)(H,44,47)/t24?,25?,26-,30-,31?/m0/s1. The molecular formula is C35H55F3N6O7. The summed E-state index contributed by atoms with van der Waals surface area (Å²) in [4.78, 5) is 76.2. The summed E-state index contributed by atoms with van der Waals surface area (Å²) in [5, 5.41) is 19.7. The summed E-state index contributed by atoms with van der Waals surface area (Å²) in [6, 6.07) is 2.51. The zero-order chi connectivity index (χ0) is 38.6. The number of unbranched alkanes of at least 4 members (excludes halogenated alkanes) is 6. The minimum Gasteiger partial charge on any atom is -0.382 e. The highest BCUT2D eigenvalue weighted by atomic mass is 19.4. The van der Waals surface area contributed by atoms with Gasteiger partial charge in [0.2, 0.25) is 35.4 Å². The lowest BCUT2D eigenvalue weighted by molar-refractivity contribution is -0.212. The molecule has 0 aliphatic heterocycles. The van der Waals surface area contributed by atoms with Crippen LogP contribution in [0.15, 0.2) is 30.3 Å². The van der Waals surface area contributed by atoms with Gasteiger partial charge < -0.3 is 37.8 Å². The second-order valence-electron chi connectivity index (χ2n) is 13.1. The summed E-state index contributed by atoms with van der Waals surface area (Å²) < 4.78 is 40.2. The monoisotopic (exact) mass is 728 g/mol. The van der Waals surface area contributed by atoms with Crippen LogP contribution in [0.3, 0.4) is 0 Å². The molecule has 16 heteroatoms. The third kappa shape index (κ3) is 18.6. The molecule has 1 aromatic rings. The summed E-state index contributed by atoms with van der Waals surface area (Å²) in [7, 11) is 0. The smallest absolute Gasteiger partial charge is 0.382 e. The number of amides is 6. The van der Waals surface area contributed by atoms with E-state index in [1.165, 1.54) is 6.42 Å². The molecule has 0 heterocycles. The molecule has 0 fully saturated rings. The van der Waals surface area contributed by atoms with Crippen molar-refractivity contribution in [1.82, 2.24) is 21.3 Å². The number of alkyl halides is 3. The van der Waals surface area contributed by atoms with Crippen molar-refractivity contribution in [2.75, 3.05) is 0 Å². The molecule has 0 aliphatic carbocycles. The number of halogens is 3. The normalized spacial score (nSPS) is 14.4. The first-order valence-electron chi connectivity index (χ1n) is 17.5. The van der Waals surface area contributed by atoms with Crippen LogP contribution in [-0.2, 0) is 35.2 Å². The number of aliphatic hydroxyl groups excluding tert-OH is 1. The Morgan fingerprint density at radius 3 is 1.78 bits per heavy atom. The highest BCUT2D eigenvalue weighted by Crippen LogP contribution is 2.24. The van der Waals surface area contributed by atoms with Gasteiger partial charge in [0, 0.05) is 25.7 Å². The fourth-order valence-electron chi connectivity index (χ4n) is 5.29. The van der Waals surface area contributed by atoms with Crippen molar-refractivity contribution < 1.29 is 47.0 Å². The van der Waals surface area contributed by atoms with Gasteiger partial charge in [0.1, 0.15) is 18.1 Å². The first-order valence-corrected chi connectivity index (χ1v) is 17.5. The van der Waals surface area contributed by atoms with Crippen molar-refractivity contribution in [3.05, 3.63) is 35.9 Å². The fourth-order valence-corrected chi connectivity index (χ4v) is 5.29. The molecule has 0 radical (unpaired) electrons. The van der Waals surface area contributed by atoms with E-state index in [0.29, 0.717) is 12.0 Å². The summed E-state index contributed by atoms with van der Waals surface area (Å²) >= 11 is 0. The third-order valence-corrected chi connectivity index (χ3v) is 8.25. The Hall–Kier alpha value is -4.21. The molecule has 0 aromatic heterocycles. The van der Waals surface area contributed by atoms with Crippen molar-refractivity contribution in [1.29, 1.82) is 0 Å². The van der Waals surface area contributed by atoms with Crippen LogP contribution in [0, 0.1) is 5.92 Å². The van der Waals surface area contributed by atoms with Crippen molar-refractivity contribution in [3.63, 3.8) is 0 Å². The Bertz CT molecular complexity index is 1270. The molecule has 6 amide bonds. The summed E-state index contributed by atoms with van der Waals surface area (Å²) in [6.45, 7) is 5.58. The first kappa shape index (κ1) is 44.8. The van der Waals surface area contributed by atoms with E-state index in [9.17, 15) is 47.0 Å². The van der Waals surface area contributed by atoms with Crippen LogP contribution in [-0.4, -0.2) is 77.0 Å². The molecule has 0 aliphatic rings. The van der Waals surface area contributed by atoms with E-state index in [4.69, 9.17) is 11.5 Å². The van der Waals surface area contributed by atoms with Crippen molar-refractivity contribution >= 4 is 35.4 Å². The van der Waals surface area contributed by atoms with Gasteiger partial charge in [-0.3, -0.25) is 28.8 Å². The molecule has 13 nitrogen and oxygen atoms in total. The largest absolute Gasteiger partial charge is 0.416 e. The topological polar surface area (TPSA) is 223 Å². The maximum absolute atomic E-state index is 13.7.